The van der Waals surface area contributed by atoms with E-state index in [1.54, 1.807) is 11.0 Å². The van der Waals surface area contributed by atoms with Gasteiger partial charge in [-0.25, -0.2) is 9.36 Å². The lowest BCUT2D eigenvalue weighted by molar-refractivity contribution is -0.137. The summed E-state index contributed by atoms with van der Waals surface area (Å²) < 4.78 is 21.5. The largest absolute Gasteiger partial charge is 0.524 e. The van der Waals surface area contributed by atoms with Crippen LogP contribution in [0.25, 0.3) is 0 Å². The quantitative estimate of drug-likeness (QED) is 0.212. The van der Waals surface area contributed by atoms with Gasteiger partial charge in [0, 0.05) is 25.6 Å². The van der Waals surface area contributed by atoms with E-state index in [0.717, 1.165) is 31.7 Å². The number of phosphoric acid groups is 1. The second-order valence-corrected chi connectivity index (χ2v) is 10.0. The number of allylic oxidation sites excluding steroid dienone is 3. The van der Waals surface area contributed by atoms with E-state index in [9.17, 15) is 29.0 Å². The number of hydrogen-bond acceptors (Lipinski definition) is 8. The van der Waals surface area contributed by atoms with E-state index in [4.69, 9.17) is 21.2 Å². The van der Waals surface area contributed by atoms with Crippen LogP contribution in [0.1, 0.15) is 54.4 Å². The topological polar surface area (TPSA) is 155 Å². The van der Waals surface area contributed by atoms with Crippen LogP contribution >= 0.6 is 19.4 Å². The second-order valence-electron chi connectivity index (χ2n) is 8.49. The lowest BCUT2D eigenvalue weighted by atomic mass is 9.99. The van der Waals surface area contributed by atoms with Crippen LogP contribution < -0.4 is 4.52 Å². The molecule has 0 saturated carbocycles. The van der Waals surface area contributed by atoms with E-state index in [2.05, 4.69) is 9.68 Å². The van der Waals surface area contributed by atoms with E-state index in [0.29, 0.717) is 25.9 Å². The standard InChI is InChI=1S/C24H30ClN2O9P/c25-23-18-14-17(26-35-16-21(29)27-11-7-5-8-12-27)10-6-3-1-2-4-9-13-34-24(30)22(18)20(15-19(23)28)36-37(31,32)33/h2,4,6,10,15,28H,1,3,5,7-9,11-14,16H2,(H2,31,32,33)/b4-2+,10-6+,26-17+. The first-order chi connectivity index (χ1) is 17.7. The number of likely N-dealkylation sites (tertiary alicyclic amines) is 1. The molecule has 2 heterocycles. The minimum atomic E-state index is -5.11. The Hall–Kier alpha value is -2.85. The summed E-state index contributed by atoms with van der Waals surface area (Å²) in [5.41, 5.74) is -0.147. The lowest BCUT2D eigenvalue weighted by Crippen LogP contribution is -2.37. The van der Waals surface area contributed by atoms with Crippen LogP contribution in [0.15, 0.2) is 35.5 Å². The molecule has 1 saturated heterocycles. The van der Waals surface area contributed by atoms with E-state index in [1.165, 1.54) is 0 Å². The number of oxime groups is 1. The number of aromatic hydroxyl groups is 1. The van der Waals surface area contributed by atoms with Crippen molar-refractivity contribution < 1.29 is 43.1 Å². The first-order valence-corrected chi connectivity index (χ1v) is 13.8. The predicted molar refractivity (Wildman–Crippen MR) is 136 cm³/mol. The number of phosphoric ester groups is 1. The number of carbonyl (C=O) groups is 2. The molecule has 1 aromatic rings. The number of piperidine rings is 1. The molecule has 202 valence electrons. The highest BCUT2D eigenvalue weighted by Gasteiger charge is 2.29. The highest BCUT2D eigenvalue weighted by molar-refractivity contribution is 7.46. The van der Waals surface area contributed by atoms with Gasteiger partial charge in [0.2, 0.25) is 0 Å². The number of nitrogens with zero attached hydrogens (tertiary/aromatic N) is 2. The molecule has 0 unspecified atom stereocenters. The molecule has 3 rings (SSSR count). The molecular weight excluding hydrogens is 527 g/mol. The SMILES string of the molecule is O=C1OCC/C=C/CC/C=C/C(=N\OCC(=O)N2CCCCC2)Cc2c(Cl)c(O)cc(OP(=O)(O)O)c21. The van der Waals surface area contributed by atoms with Crippen molar-refractivity contribution in [2.45, 2.75) is 44.9 Å². The fraction of sp³-hybridized carbons (Fsp3) is 0.458. The summed E-state index contributed by atoms with van der Waals surface area (Å²) in [5.74, 6) is -2.31. The highest BCUT2D eigenvalue weighted by Crippen LogP contribution is 2.44. The zero-order chi connectivity index (χ0) is 26.8. The minimum absolute atomic E-state index is 0.00112. The summed E-state index contributed by atoms with van der Waals surface area (Å²) in [6, 6.07) is 0.838. The molecule has 0 spiro atoms. The Kier molecular flexibility index (Phi) is 10.6. The summed E-state index contributed by atoms with van der Waals surface area (Å²) >= 11 is 6.32. The van der Waals surface area contributed by atoms with Crippen molar-refractivity contribution in [2.24, 2.45) is 5.16 Å². The molecule has 2 aliphatic rings. The Morgan fingerprint density at radius 3 is 2.57 bits per heavy atom. The summed E-state index contributed by atoms with van der Waals surface area (Å²) in [4.78, 5) is 51.1. The van der Waals surface area contributed by atoms with Crippen LogP contribution in [0.5, 0.6) is 11.5 Å². The van der Waals surface area contributed by atoms with Gasteiger partial charge in [0.1, 0.15) is 17.1 Å². The number of benzene rings is 1. The molecule has 0 radical (unpaired) electrons. The zero-order valence-electron chi connectivity index (χ0n) is 20.2. The molecule has 11 nitrogen and oxygen atoms in total. The third-order valence-electron chi connectivity index (χ3n) is 5.66. The van der Waals surface area contributed by atoms with Gasteiger partial charge in [-0.15, -0.1) is 0 Å². The Morgan fingerprint density at radius 1 is 1.14 bits per heavy atom. The van der Waals surface area contributed by atoms with Gasteiger partial charge in [-0.1, -0.05) is 35.0 Å². The molecule has 0 aliphatic carbocycles. The van der Waals surface area contributed by atoms with E-state index in [-0.39, 0.29) is 47.4 Å². The number of phenolic OH excluding ortho intramolecular Hbond substituents is 1. The maximum Gasteiger partial charge on any atom is 0.524 e. The molecular formula is C24H30ClN2O9P. The molecule has 1 amide bonds. The predicted octanol–water partition coefficient (Wildman–Crippen LogP) is 3.90. The molecule has 1 aromatic carbocycles. The minimum Gasteiger partial charge on any atom is -0.506 e. The molecule has 0 aromatic heterocycles. The van der Waals surface area contributed by atoms with Crippen LogP contribution in [-0.2, 0) is 25.4 Å². The number of rotatable bonds is 5. The highest BCUT2D eigenvalue weighted by atomic mass is 35.5. The van der Waals surface area contributed by atoms with Crippen molar-refractivity contribution in [3.8, 4) is 11.5 Å². The van der Waals surface area contributed by atoms with Gasteiger partial charge in [0.15, 0.2) is 6.61 Å². The fourth-order valence-electron chi connectivity index (χ4n) is 3.91. The molecule has 13 heteroatoms. The number of fused-ring (bicyclic) bond motifs is 1. The first-order valence-electron chi connectivity index (χ1n) is 11.9. The van der Waals surface area contributed by atoms with Crippen molar-refractivity contribution >= 4 is 37.0 Å². The number of esters is 1. The summed E-state index contributed by atoms with van der Waals surface area (Å²) in [7, 11) is -5.11. The average Bonchev–Trinajstić information content (AvgIpc) is 2.84. The van der Waals surface area contributed by atoms with Crippen molar-refractivity contribution in [3.05, 3.63) is 46.5 Å². The normalized spacial score (nSPS) is 20.4. The fourth-order valence-corrected chi connectivity index (χ4v) is 4.53. The number of halogens is 1. The van der Waals surface area contributed by atoms with E-state index >= 15 is 0 Å². The van der Waals surface area contributed by atoms with E-state index in [1.807, 2.05) is 18.2 Å². The lowest BCUT2D eigenvalue weighted by Gasteiger charge is -2.26. The van der Waals surface area contributed by atoms with Crippen LogP contribution in [0.4, 0.5) is 0 Å². The maximum absolute atomic E-state index is 13.0. The van der Waals surface area contributed by atoms with Gasteiger partial charge >= 0.3 is 13.8 Å². The number of carbonyl (C=O) groups excluding carboxylic acids is 2. The van der Waals surface area contributed by atoms with Gasteiger partial charge in [0.05, 0.1) is 17.3 Å². The Labute approximate surface area is 219 Å². The van der Waals surface area contributed by atoms with Crippen molar-refractivity contribution in [3.63, 3.8) is 0 Å². The Bertz CT molecular complexity index is 1120. The monoisotopic (exact) mass is 556 g/mol. The number of amides is 1. The summed E-state index contributed by atoms with van der Waals surface area (Å²) in [6.07, 6.45) is 11.8. The third-order valence-corrected chi connectivity index (χ3v) is 6.51. The van der Waals surface area contributed by atoms with Crippen LogP contribution in [0.3, 0.4) is 0 Å². The maximum atomic E-state index is 13.0. The van der Waals surface area contributed by atoms with Crippen LogP contribution in [0.2, 0.25) is 5.02 Å². The molecule has 3 N–H and O–H groups in total. The number of hydrogen-bond donors (Lipinski definition) is 3. The smallest absolute Gasteiger partial charge is 0.506 e. The van der Waals surface area contributed by atoms with Gasteiger partial charge in [0.25, 0.3) is 5.91 Å². The molecule has 2 aliphatic heterocycles. The molecule has 0 atom stereocenters. The number of cyclic esters (lactones) is 1. The zero-order valence-corrected chi connectivity index (χ0v) is 21.8. The van der Waals surface area contributed by atoms with Gasteiger partial charge in [-0.05, 0) is 50.2 Å². The van der Waals surface area contributed by atoms with Crippen LogP contribution in [0, 0.1) is 0 Å². The third kappa shape index (κ3) is 8.89. The summed E-state index contributed by atoms with van der Waals surface area (Å²) in [5, 5.41) is 14.1. The van der Waals surface area contributed by atoms with E-state index < -0.39 is 25.3 Å². The van der Waals surface area contributed by atoms with Gasteiger partial charge < -0.3 is 24.1 Å². The molecule has 1 fully saturated rings. The van der Waals surface area contributed by atoms with Crippen molar-refractivity contribution in [1.29, 1.82) is 0 Å². The van der Waals surface area contributed by atoms with Crippen LogP contribution in [-0.4, -0.2) is 63.7 Å². The first kappa shape index (κ1) is 28.7. The molecule has 0 bridgehead atoms. The second kappa shape index (κ2) is 13.6. The molecule has 37 heavy (non-hydrogen) atoms. The van der Waals surface area contributed by atoms with Gasteiger partial charge in [-0.2, -0.15) is 0 Å². The average molecular weight is 557 g/mol. The van der Waals surface area contributed by atoms with Gasteiger partial charge in [-0.3, -0.25) is 14.6 Å². The van der Waals surface area contributed by atoms with Crippen molar-refractivity contribution in [1.82, 2.24) is 4.90 Å². The number of phenols is 1. The van der Waals surface area contributed by atoms with Crippen molar-refractivity contribution in [2.75, 3.05) is 26.3 Å². The summed E-state index contributed by atoms with van der Waals surface area (Å²) in [6.45, 7) is 1.05. The number of ether oxygens (including phenoxy) is 1. The Morgan fingerprint density at radius 2 is 1.84 bits per heavy atom. The Balaban J connectivity index is 1.96.